The van der Waals surface area contributed by atoms with Crippen molar-refractivity contribution in [3.8, 4) is 11.3 Å². The van der Waals surface area contributed by atoms with Crippen LogP contribution in [0.2, 0.25) is 0 Å². The third-order valence-electron chi connectivity index (χ3n) is 4.52. The van der Waals surface area contributed by atoms with Crippen molar-refractivity contribution >= 4 is 17.4 Å². The van der Waals surface area contributed by atoms with Crippen molar-refractivity contribution in [2.75, 3.05) is 5.32 Å². The summed E-state index contributed by atoms with van der Waals surface area (Å²) in [5.74, 6) is -0.0988. The number of fused-ring (bicyclic) bond motifs is 1. The number of halogens is 1. The molecular formula is C22H18FN3O. The first kappa shape index (κ1) is 17.0. The number of amides is 1. The average molecular weight is 359 g/mol. The number of hydrogen-bond acceptors (Lipinski definition) is 2. The van der Waals surface area contributed by atoms with Gasteiger partial charge in [-0.2, -0.15) is 0 Å². The van der Waals surface area contributed by atoms with Gasteiger partial charge in [-0.25, -0.2) is 9.37 Å². The lowest BCUT2D eigenvalue weighted by Crippen LogP contribution is -2.14. The van der Waals surface area contributed by atoms with E-state index in [0.717, 1.165) is 22.3 Å². The maximum Gasteiger partial charge on any atom is 0.256 e. The minimum Gasteiger partial charge on any atom is -0.306 e. The third-order valence-corrected chi connectivity index (χ3v) is 4.52. The molecule has 0 atom stereocenters. The predicted octanol–water partition coefficient (Wildman–Crippen LogP) is 5.01. The Morgan fingerprint density at radius 1 is 1.04 bits per heavy atom. The van der Waals surface area contributed by atoms with Crippen molar-refractivity contribution in [3.05, 3.63) is 89.4 Å². The first-order valence-corrected chi connectivity index (χ1v) is 8.64. The molecule has 4 rings (SSSR count). The van der Waals surface area contributed by atoms with Crippen molar-refractivity contribution in [3.63, 3.8) is 0 Å². The highest BCUT2D eigenvalue weighted by molar-refractivity contribution is 6.05. The molecule has 0 radical (unpaired) electrons. The summed E-state index contributed by atoms with van der Waals surface area (Å²) < 4.78 is 15.0. The fourth-order valence-electron chi connectivity index (χ4n) is 3.07. The van der Waals surface area contributed by atoms with E-state index in [4.69, 9.17) is 4.98 Å². The number of nitrogens with zero attached hydrogens (tertiary/aromatic N) is 2. The number of benzene rings is 2. The molecule has 5 heteroatoms. The van der Waals surface area contributed by atoms with Gasteiger partial charge in [0.25, 0.3) is 5.91 Å². The third kappa shape index (κ3) is 3.19. The number of carbonyl (C=O) groups is 1. The molecule has 2 aromatic heterocycles. The van der Waals surface area contributed by atoms with Gasteiger partial charge in [0.1, 0.15) is 23.0 Å². The van der Waals surface area contributed by atoms with E-state index in [-0.39, 0.29) is 11.7 Å². The average Bonchev–Trinajstić information content (AvgIpc) is 3.00. The van der Waals surface area contributed by atoms with Crippen LogP contribution in [0.15, 0.2) is 66.9 Å². The summed E-state index contributed by atoms with van der Waals surface area (Å²) in [4.78, 5) is 17.5. The van der Waals surface area contributed by atoms with Crippen molar-refractivity contribution in [1.29, 1.82) is 0 Å². The molecule has 134 valence electrons. The molecule has 0 bridgehead atoms. The first-order chi connectivity index (χ1) is 13.0. The smallest absolute Gasteiger partial charge is 0.256 e. The van der Waals surface area contributed by atoms with Gasteiger partial charge >= 0.3 is 0 Å². The van der Waals surface area contributed by atoms with Crippen LogP contribution in [0.5, 0.6) is 0 Å². The summed E-state index contributed by atoms with van der Waals surface area (Å²) in [5.41, 5.74) is 4.94. The summed E-state index contributed by atoms with van der Waals surface area (Å²) in [5, 5.41) is 2.95. The summed E-state index contributed by atoms with van der Waals surface area (Å²) >= 11 is 0. The summed E-state index contributed by atoms with van der Waals surface area (Å²) in [7, 11) is 0. The van der Waals surface area contributed by atoms with E-state index in [1.807, 2.05) is 60.8 Å². The van der Waals surface area contributed by atoms with Crippen LogP contribution < -0.4 is 5.32 Å². The van der Waals surface area contributed by atoms with Gasteiger partial charge < -0.3 is 5.32 Å². The van der Waals surface area contributed by atoms with E-state index in [9.17, 15) is 9.18 Å². The minimum atomic E-state index is -0.377. The molecule has 0 saturated carbocycles. The van der Waals surface area contributed by atoms with E-state index in [2.05, 4.69) is 5.32 Å². The van der Waals surface area contributed by atoms with Gasteiger partial charge in [-0.15, -0.1) is 0 Å². The van der Waals surface area contributed by atoms with Crippen LogP contribution in [0.4, 0.5) is 10.2 Å². The van der Waals surface area contributed by atoms with E-state index < -0.39 is 0 Å². The van der Waals surface area contributed by atoms with Gasteiger partial charge in [0.15, 0.2) is 0 Å². The van der Waals surface area contributed by atoms with Crippen LogP contribution in [0.1, 0.15) is 21.5 Å². The summed E-state index contributed by atoms with van der Waals surface area (Å²) in [6, 6.07) is 17.3. The fraction of sp³-hybridized carbons (Fsp3) is 0.0909. The summed E-state index contributed by atoms with van der Waals surface area (Å²) in [6.45, 7) is 4.01. The standard InChI is InChI=1S/C22H18FN3O/c1-14-11-12-26-19(13-14)24-20(18-6-4-3-5-15(18)2)21(26)25-22(27)16-7-9-17(23)10-8-16/h3-13H,1-2H3,(H,25,27). The van der Waals surface area contributed by atoms with Crippen LogP contribution in [0, 0.1) is 19.7 Å². The largest absolute Gasteiger partial charge is 0.306 e. The lowest BCUT2D eigenvalue weighted by Gasteiger charge is -2.09. The molecule has 1 amide bonds. The van der Waals surface area contributed by atoms with Crippen molar-refractivity contribution in [2.45, 2.75) is 13.8 Å². The molecule has 27 heavy (non-hydrogen) atoms. The molecule has 0 fully saturated rings. The maximum atomic E-state index is 13.2. The first-order valence-electron chi connectivity index (χ1n) is 8.64. The van der Waals surface area contributed by atoms with E-state index in [1.54, 1.807) is 0 Å². The molecule has 0 saturated heterocycles. The van der Waals surface area contributed by atoms with Gasteiger partial charge in [-0.1, -0.05) is 24.3 Å². The van der Waals surface area contributed by atoms with Gasteiger partial charge in [0, 0.05) is 17.3 Å². The fourth-order valence-corrected chi connectivity index (χ4v) is 3.07. The lowest BCUT2D eigenvalue weighted by atomic mass is 10.1. The topological polar surface area (TPSA) is 46.4 Å². The molecule has 4 nitrogen and oxygen atoms in total. The maximum absolute atomic E-state index is 13.2. The zero-order valence-electron chi connectivity index (χ0n) is 15.0. The molecule has 0 aliphatic heterocycles. The van der Waals surface area contributed by atoms with E-state index >= 15 is 0 Å². The highest BCUT2D eigenvalue weighted by Crippen LogP contribution is 2.31. The lowest BCUT2D eigenvalue weighted by molar-refractivity contribution is 0.102. The van der Waals surface area contributed by atoms with Gasteiger partial charge in [-0.3, -0.25) is 9.20 Å². The number of imidazole rings is 1. The Labute approximate surface area is 156 Å². The van der Waals surface area contributed by atoms with Gasteiger partial charge in [0.05, 0.1) is 0 Å². The molecule has 4 aromatic rings. The zero-order chi connectivity index (χ0) is 19.0. The SMILES string of the molecule is Cc1ccn2c(NC(=O)c3ccc(F)cc3)c(-c3ccccc3C)nc2c1. The monoisotopic (exact) mass is 359 g/mol. The Balaban J connectivity index is 1.85. The highest BCUT2D eigenvalue weighted by atomic mass is 19.1. The quantitative estimate of drug-likeness (QED) is 0.559. The second-order valence-corrected chi connectivity index (χ2v) is 6.52. The molecule has 1 N–H and O–H groups in total. The number of hydrogen-bond donors (Lipinski definition) is 1. The number of aryl methyl sites for hydroxylation is 2. The predicted molar refractivity (Wildman–Crippen MR) is 104 cm³/mol. The van der Waals surface area contributed by atoms with Crippen LogP contribution in [0.3, 0.4) is 0 Å². The Morgan fingerprint density at radius 2 is 1.78 bits per heavy atom. The molecule has 0 aliphatic rings. The Hall–Kier alpha value is -3.47. The Kier molecular flexibility index (Phi) is 4.20. The number of aromatic nitrogens is 2. The number of rotatable bonds is 3. The number of pyridine rings is 1. The van der Waals surface area contributed by atoms with Gasteiger partial charge in [0.2, 0.25) is 0 Å². The molecule has 0 unspecified atom stereocenters. The molecule has 2 heterocycles. The molecule has 0 spiro atoms. The van der Waals surface area contributed by atoms with Crippen LogP contribution >= 0.6 is 0 Å². The number of carbonyl (C=O) groups excluding carboxylic acids is 1. The summed E-state index contributed by atoms with van der Waals surface area (Å²) in [6.07, 6.45) is 1.89. The number of nitrogens with one attached hydrogen (secondary N) is 1. The second-order valence-electron chi connectivity index (χ2n) is 6.52. The number of anilines is 1. The molecular weight excluding hydrogens is 341 g/mol. The molecule has 0 aliphatic carbocycles. The Bertz CT molecular complexity index is 1150. The molecule has 2 aromatic carbocycles. The normalized spacial score (nSPS) is 10.9. The Morgan fingerprint density at radius 3 is 2.52 bits per heavy atom. The van der Waals surface area contributed by atoms with E-state index in [1.165, 1.54) is 24.3 Å². The minimum absolute atomic E-state index is 0.313. The highest BCUT2D eigenvalue weighted by Gasteiger charge is 2.18. The van der Waals surface area contributed by atoms with E-state index in [0.29, 0.717) is 17.1 Å². The van der Waals surface area contributed by atoms with Crippen LogP contribution in [-0.2, 0) is 0 Å². The van der Waals surface area contributed by atoms with Crippen molar-refractivity contribution in [2.24, 2.45) is 0 Å². The van der Waals surface area contributed by atoms with Crippen LogP contribution in [-0.4, -0.2) is 15.3 Å². The van der Waals surface area contributed by atoms with Crippen molar-refractivity contribution < 1.29 is 9.18 Å². The zero-order valence-corrected chi connectivity index (χ0v) is 15.0. The van der Waals surface area contributed by atoms with Crippen molar-refractivity contribution in [1.82, 2.24) is 9.38 Å². The van der Waals surface area contributed by atoms with Gasteiger partial charge in [-0.05, 0) is 61.4 Å². The van der Waals surface area contributed by atoms with Crippen LogP contribution in [0.25, 0.3) is 16.9 Å². The second kappa shape index (κ2) is 6.68.